The molecule has 4 amide bonds. The summed E-state index contributed by atoms with van der Waals surface area (Å²) in [5, 5.41) is 5.96. The molecular formula is C61H67ClF4N8O8S3. The first-order valence-corrected chi connectivity index (χ1v) is 32.7. The van der Waals surface area contributed by atoms with Crippen molar-refractivity contribution in [3.8, 4) is 0 Å². The standard InChI is InChI=1S/C61H67ClF4N8O8S3/c1-60(2)24-22-49(40-8-13-44(62)14-9-40)43(35-60)37-72-30-32-73(33-31-72)46-15-10-41(11-16-46)57(76)69-85(81,82)48-17-19-52(54(34-48)84(79,80)61(64,65)66)67-45(39-83-47-6-4-3-5-7-47)23-25-70-26-28-71(29-27-70)36-42-12-18-50-51(56(42)63)38-74(59(50)78)53-20-21-55(75)68-58(53)77/h3-19,34,45,53,67H,20-33,35-39H2,1-2H3,(H,69,76)(H,68,75,77)/t45-,53?/m1/s1. The Morgan fingerprint density at radius 2 is 1.48 bits per heavy atom. The summed E-state index contributed by atoms with van der Waals surface area (Å²) in [5.41, 5.74) is -0.570. The van der Waals surface area contributed by atoms with E-state index in [9.17, 15) is 49.2 Å². The molecular weight excluding hydrogens is 1180 g/mol. The number of amides is 4. The monoisotopic (exact) mass is 1250 g/mol. The van der Waals surface area contributed by atoms with Crippen LogP contribution in [0.4, 0.5) is 28.9 Å². The van der Waals surface area contributed by atoms with E-state index in [4.69, 9.17) is 11.6 Å². The molecule has 0 spiro atoms. The number of sulfone groups is 1. The van der Waals surface area contributed by atoms with Crippen LogP contribution in [0.25, 0.3) is 5.57 Å². The fourth-order valence-electron chi connectivity index (χ4n) is 11.9. The number of piperazine rings is 2. The molecule has 0 radical (unpaired) electrons. The van der Waals surface area contributed by atoms with E-state index in [1.807, 2.05) is 47.2 Å². The van der Waals surface area contributed by atoms with Gasteiger partial charge in [-0.1, -0.05) is 67.4 Å². The zero-order chi connectivity index (χ0) is 60.4. The predicted molar refractivity (Wildman–Crippen MR) is 319 cm³/mol. The number of anilines is 2. The summed E-state index contributed by atoms with van der Waals surface area (Å²) in [4.78, 5) is 59.8. The lowest BCUT2D eigenvalue weighted by Gasteiger charge is -2.39. The summed E-state index contributed by atoms with van der Waals surface area (Å²) in [6.07, 6.45) is 3.63. The van der Waals surface area contributed by atoms with Crippen LogP contribution >= 0.6 is 23.4 Å². The number of allylic oxidation sites excluding steroid dienone is 1. The second kappa shape index (κ2) is 25.5. The van der Waals surface area contributed by atoms with Crippen LogP contribution in [-0.4, -0.2) is 149 Å². The number of imide groups is 1. The molecule has 452 valence electrons. The number of carbonyl (C=O) groups excluding carboxylic acids is 4. The number of sulfonamides is 1. The van der Waals surface area contributed by atoms with Gasteiger partial charge in [-0.2, -0.15) is 13.2 Å². The maximum absolute atomic E-state index is 16.1. The van der Waals surface area contributed by atoms with E-state index in [0.29, 0.717) is 68.9 Å². The van der Waals surface area contributed by atoms with E-state index in [0.717, 1.165) is 61.6 Å². The summed E-state index contributed by atoms with van der Waals surface area (Å²) in [6.45, 7) is 11.1. The molecule has 0 bridgehead atoms. The molecule has 1 aliphatic carbocycles. The Balaban J connectivity index is 0.770. The first-order chi connectivity index (χ1) is 40.4. The minimum atomic E-state index is -6.17. The topological polar surface area (TPSA) is 189 Å². The van der Waals surface area contributed by atoms with Crippen LogP contribution in [0.15, 0.2) is 129 Å². The third-order valence-electron chi connectivity index (χ3n) is 16.7. The number of nitrogens with one attached hydrogen (secondary N) is 3. The third-order valence-corrected chi connectivity index (χ3v) is 20.9. The van der Waals surface area contributed by atoms with Crippen LogP contribution in [0.3, 0.4) is 0 Å². The Kier molecular flexibility index (Phi) is 18.6. The van der Waals surface area contributed by atoms with Crippen molar-refractivity contribution in [1.82, 2.24) is 29.6 Å². The van der Waals surface area contributed by atoms with Gasteiger partial charge < -0.3 is 20.0 Å². The van der Waals surface area contributed by atoms with Crippen molar-refractivity contribution in [2.75, 3.05) is 81.4 Å². The molecule has 5 aromatic carbocycles. The maximum atomic E-state index is 16.1. The average molecular weight is 1250 g/mol. The Hall–Kier alpha value is -6.34. The van der Waals surface area contributed by atoms with Gasteiger partial charge in [0, 0.05) is 128 Å². The first kappa shape index (κ1) is 61.7. The van der Waals surface area contributed by atoms with Gasteiger partial charge in [-0.15, -0.1) is 11.8 Å². The Morgan fingerprint density at radius 1 is 0.812 bits per heavy atom. The van der Waals surface area contributed by atoms with Crippen LogP contribution in [0.1, 0.15) is 89.8 Å². The molecule has 4 aliphatic heterocycles. The number of fused-ring (bicyclic) bond motifs is 1. The predicted octanol–water partition coefficient (Wildman–Crippen LogP) is 9.22. The van der Waals surface area contributed by atoms with Crippen LogP contribution in [0.2, 0.25) is 5.02 Å². The summed E-state index contributed by atoms with van der Waals surface area (Å²) in [6, 6.07) is 27.5. The van der Waals surface area contributed by atoms with E-state index >= 15 is 4.39 Å². The summed E-state index contributed by atoms with van der Waals surface area (Å²) in [5.74, 6) is -2.81. The van der Waals surface area contributed by atoms with E-state index in [1.54, 1.807) is 24.3 Å². The van der Waals surface area contributed by atoms with Crippen molar-refractivity contribution >= 4 is 83.8 Å². The van der Waals surface area contributed by atoms with Crippen LogP contribution in [0, 0.1) is 11.2 Å². The number of thioether (sulfide) groups is 1. The lowest BCUT2D eigenvalue weighted by molar-refractivity contribution is -0.136. The summed E-state index contributed by atoms with van der Waals surface area (Å²) < 4.78 is 116. The highest BCUT2D eigenvalue weighted by molar-refractivity contribution is 7.99. The number of hydrogen-bond donors (Lipinski definition) is 3. The highest BCUT2D eigenvalue weighted by Gasteiger charge is 2.49. The number of alkyl halides is 3. The molecule has 3 N–H and O–H groups in total. The number of carbonyl (C=O) groups is 4. The van der Waals surface area contributed by atoms with Gasteiger partial charge in [0.1, 0.15) is 16.8 Å². The molecule has 0 saturated carbocycles. The number of nitrogens with zero attached hydrogens (tertiary/aromatic N) is 5. The van der Waals surface area contributed by atoms with Gasteiger partial charge in [-0.05, 0) is 121 Å². The Bertz CT molecular complexity index is 3600. The third kappa shape index (κ3) is 14.4. The number of halogens is 5. The molecule has 24 heteroatoms. The minimum Gasteiger partial charge on any atom is -0.380 e. The number of benzene rings is 5. The van der Waals surface area contributed by atoms with Gasteiger partial charge in [0.05, 0.1) is 17.1 Å². The molecule has 5 aromatic rings. The molecule has 3 fully saturated rings. The van der Waals surface area contributed by atoms with E-state index < -0.39 is 82.4 Å². The highest BCUT2D eigenvalue weighted by atomic mass is 35.5. The van der Waals surface area contributed by atoms with Crippen molar-refractivity contribution in [3.63, 3.8) is 0 Å². The van der Waals surface area contributed by atoms with Crippen molar-refractivity contribution in [3.05, 3.63) is 153 Å². The number of hydrogen-bond acceptors (Lipinski definition) is 14. The smallest absolute Gasteiger partial charge is 0.380 e. The van der Waals surface area contributed by atoms with E-state index in [1.165, 1.54) is 45.5 Å². The fraction of sp³-hybridized carbons (Fsp3) is 0.410. The molecule has 2 atom stereocenters. The molecule has 3 saturated heterocycles. The lowest BCUT2D eigenvalue weighted by atomic mass is 9.73. The normalized spacial score (nSPS) is 19.7. The summed E-state index contributed by atoms with van der Waals surface area (Å²) >= 11 is 7.60. The van der Waals surface area contributed by atoms with Gasteiger partial charge in [-0.3, -0.25) is 34.3 Å². The van der Waals surface area contributed by atoms with Gasteiger partial charge >= 0.3 is 5.51 Å². The van der Waals surface area contributed by atoms with Crippen LogP contribution in [0.5, 0.6) is 0 Å². The van der Waals surface area contributed by atoms with Crippen LogP contribution in [-0.2, 0) is 42.5 Å². The second-order valence-corrected chi connectivity index (χ2v) is 28.2. The number of rotatable bonds is 19. The van der Waals surface area contributed by atoms with Gasteiger partial charge in [-0.25, -0.2) is 25.9 Å². The first-order valence-electron chi connectivity index (χ1n) is 28.3. The van der Waals surface area contributed by atoms with Crippen molar-refractivity contribution in [2.45, 2.75) is 97.7 Å². The molecule has 85 heavy (non-hydrogen) atoms. The Labute approximate surface area is 502 Å². The molecule has 16 nitrogen and oxygen atoms in total. The molecule has 4 heterocycles. The molecule has 1 unspecified atom stereocenters. The summed E-state index contributed by atoms with van der Waals surface area (Å²) in [7, 11) is -11.1. The zero-order valence-electron chi connectivity index (χ0n) is 47.1. The second-order valence-electron chi connectivity index (χ2n) is 23.1. The Morgan fingerprint density at radius 3 is 2.16 bits per heavy atom. The zero-order valence-corrected chi connectivity index (χ0v) is 50.3. The van der Waals surface area contributed by atoms with Crippen LogP contribution < -0.4 is 20.3 Å². The quantitative estimate of drug-likeness (QED) is 0.0403. The number of piperidine rings is 1. The van der Waals surface area contributed by atoms with Crippen molar-refractivity contribution in [1.29, 1.82) is 0 Å². The van der Waals surface area contributed by atoms with Crippen molar-refractivity contribution in [2.24, 2.45) is 5.41 Å². The maximum Gasteiger partial charge on any atom is 0.501 e. The van der Waals surface area contributed by atoms with Gasteiger partial charge in [0.2, 0.25) is 11.8 Å². The van der Waals surface area contributed by atoms with Gasteiger partial charge in [0.15, 0.2) is 0 Å². The lowest BCUT2D eigenvalue weighted by Crippen LogP contribution is -2.52. The van der Waals surface area contributed by atoms with E-state index in [2.05, 4.69) is 56.2 Å². The molecule has 10 rings (SSSR count). The fourth-order valence-corrected chi connectivity index (χ4v) is 15.0. The average Bonchev–Trinajstić information content (AvgIpc) is 3.66. The van der Waals surface area contributed by atoms with Gasteiger partial charge in [0.25, 0.3) is 31.7 Å². The largest absolute Gasteiger partial charge is 0.501 e. The minimum absolute atomic E-state index is 0.0394. The molecule has 0 aromatic heterocycles. The van der Waals surface area contributed by atoms with Crippen molar-refractivity contribution < 1.29 is 53.6 Å². The van der Waals surface area contributed by atoms with E-state index in [-0.39, 0.29) is 53.8 Å². The SMILES string of the molecule is CC1(C)CCC(c2ccc(Cl)cc2)=C(CN2CCN(c3ccc(C(=O)NS(=O)(=O)c4ccc(N[C@H](CCN5CCN(Cc6ccc7c(c6F)CN(C6CCC(=O)NC6=O)C7=O)CC5)CSc5ccccc5)c(S(=O)(=O)C(F)(F)F)c4)cc3)CC2)C1. The molecule has 5 aliphatic rings. The highest BCUT2D eigenvalue weighted by Crippen LogP contribution is 2.43.